The Bertz CT molecular complexity index is 740. The maximum atomic E-state index is 12.7. The van der Waals surface area contributed by atoms with Crippen molar-refractivity contribution in [2.24, 2.45) is 0 Å². The molecule has 0 saturated carbocycles. The number of amides is 1. The summed E-state index contributed by atoms with van der Waals surface area (Å²) in [6, 6.07) is 11.9. The van der Waals surface area contributed by atoms with Gasteiger partial charge >= 0.3 is 0 Å². The van der Waals surface area contributed by atoms with Gasteiger partial charge < -0.3 is 19.9 Å². The lowest BCUT2D eigenvalue weighted by atomic mass is 10.2. The monoisotopic (exact) mass is 369 g/mol. The number of hydrogen-bond donors (Lipinski definition) is 1. The number of hydrogen-bond acceptors (Lipinski definition) is 6. The number of benzene rings is 1. The van der Waals surface area contributed by atoms with Gasteiger partial charge in [-0.05, 0) is 49.7 Å². The molecule has 1 saturated heterocycles. The Morgan fingerprint density at radius 1 is 1.11 bits per heavy atom. The molecule has 0 spiro atoms. The van der Waals surface area contributed by atoms with Crippen LogP contribution in [0.4, 0.5) is 11.5 Å². The third-order valence-corrected chi connectivity index (χ3v) is 4.89. The lowest BCUT2D eigenvalue weighted by molar-refractivity contribution is 0.0739. The average Bonchev–Trinajstić information content (AvgIpc) is 2.74. The zero-order valence-electron chi connectivity index (χ0n) is 16.2. The van der Waals surface area contributed by atoms with Crippen molar-refractivity contribution < 1.29 is 9.53 Å². The molecule has 1 aromatic carbocycles. The molecule has 27 heavy (non-hydrogen) atoms. The third-order valence-electron chi connectivity index (χ3n) is 4.89. The molecule has 0 aliphatic carbocycles. The molecule has 7 nitrogen and oxygen atoms in total. The predicted molar refractivity (Wildman–Crippen MR) is 107 cm³/mol. The van der Waals surface area contributed by atoms with Gasteiger partial charge in [0, 0.05) is 37.9 Å². The fourth-order valence-electron chi connectivity index (χ4n) is 3.00. The maximum absolute atomic E-state index is 12.7. The van der Waals surface area contributed by atoms with Gasteiger partial charge in [-0.15, -0.1) is 10.2 Å². The first kappa shape index (κ1) is 18.9. The highest BCUT2D eigenvalue weighted by Crippen LogP contribution is 2.21. The fourth-order valence-corrected chi connectivity index (χ4v) is 3.00. The molecule has 1 unspecified atom stereocenters. The molecule has 144 valence electrons. The summed E-state index contributed by atoms with van der Waals surface area (Å²) in [7, 11) is 1.66. The van der Waals surface area contributed by atoms with Crippen molar-refractivity contribution in [3.8, 4) is 5.75 Å². The van der Waals surface area contributed by atoms with Gasteiger partial charge in [0.05, 0.1) is 7.11 Å². The van der Waals surface area contributed by atoms with Crippen LogP contribution in [-0.2, 0) is 0 Å². The van der Waals surface area contributed by atoms with E-state index in [-0.39, 0.29) is 5.91 Å². The van der Waals surface area contributed by atoms with Crippen LogP contribution in [0.3, 0.4) is 0 Å². The van der Waals surface area contributed by atoms with E-state index in [1.54, 1.807) is 13.2 Å². The number of nitrogens with zero attached hydrogens (tertiary/aromatic N) is 4. The Hall–Kier alpha value is -2.83. The Morgan fingerprint density at radius 2 is 1.81 bits per heavy atom. The van der Waals surface area contributed by atoms with Crippen molar-refractivity contribution >= 4 is 17.4 Å². The summed E-state index contributed by atoms with van der Waals surface area (Å²) in [5, 5.41) is 11.5. The number of ether oxygens (including phenoxy) is 1. The fraction of sp³-hybridized carbons (Fsp3) is 0.450. The van der Waals surface area contributed by atoms with E-state index in [0.717, 1.165) is 30.9 Å². The first-order valence-corrected chi connectivity index (χ1v) is 9.39. The smallest absolute Gasteiger partial charge is 0.274 e. The van der Waals surface area contributed by atoms with E-state index in [0.29, 0.717) is 30.6 Å². The molecule has 0 bridgehead atoms. The number of anilines is 2. The van der Waals surface area contributed by atoms with Crippen LogP contribution in [-0.4, -0.2) is 60.3 Å². The van der Waals surface area contributed by atoms with Crippen LogP contribution in [0, 0.1) is 0 Å². The summed E-state index contributed by atoms with van der Waals surface area (Å²) in [6.45, 7) is 7.11. The number of methoxy groups -OCH3 is 1. The molecule has 2 heterocycles. The zero-order valence-corrected chi connectivity index (χ0v) is 16.2. The topological polar surface area (TPSA) is 70.6 Å². The SMILES string of the molecule is CCC(C)Nc1ccc(C(=O)N2CCN(c3ccc(OC)cc3)CC2)nn1. The van der Waals surface area contributed by atoms with Crippen LogP contribution < -0.4 is 15.0 Å². The Balaban J connectivity index is 1.56. The molecule has 1 aromatic heterocycles. The van der Waals surface area contributed by atoms with E-state index in [2.05, 4.69) is 34.3 Å². The standard InChI is InChI=1S/C20H27N5O2/c1-4-15(2)21-19-10-9-18(22-23-19)20(26)25-13-11-24(12-14-25)16-5-7-17(27-3)8-6-16/h5-10,15H,4,11-14H2,1-3H3,(H,21,23). The second-order valence-electron chi connectivity index (χ2n) is 6.73. The molecule has 1 amide bonds. The Kier molecular flexibility index (Phi) is 6.11. The number of carbonyl (C=O) groups is 1. The van der Waals surface area contributed by atoms with Crippen molar-refractivity contribution in [3.63, 3.8) is 0 Å². The van der Waals surface area contributed by atoms with E-state index < -0.39 is 0 Å². The van der Waals surface area contributed by atoms with Crippen LogP contribution in [0.5, 0.6) is 5.75 Å². The summed E-state index contributed by atoms with van der Waals surface area (Å²) < 4.78 is 5.20. The molecule has 1 fully saturated rings. The van der Waals surface area contributed by atoms with Gasteiger partial charge in [0.2, 0.25) is 0 Å². The lowest BCUT2D eigenvalue weighted by Crippen LogP contribution is -2.49. The van der Waals surface area contributed by atoms with Gasteiger partial charge in [0.15, 0.2) is 5.69 Å². The van der Waals surface area contributed by atoms with Crippen LogP contribution >= 0.6 is 0 Å². The minimum Gasteiger partial charge on any atom is -0.497 e. The summed E-state index contributed by atoms with van der Waals surface area (Å²) in [5.41, 5.74) is 1.53. The molecule has 1 atom stereocenters. The zero-order chi connectivity index (χ0) is 19.2. The molecule has 2 aromatic rings. The van der Waals surface area contributed by atoms with Gasteiger partial charge in [-0.25, -0.2) is 0 Å². The highest BCUT2D eigenvalue weighted by molar-refractivity contribution is 5.92. The highest BCUT2D eigenvalue weighted by atomic mass is 16.5. The lowest BCUT2D eigenvalue weighted by Gasteiger charge is -2.36. The van der Waals surface area contributed by atoms with Crippen molar-refractivity contribution in [2.45, 2.75) is 26.3 Å². The van der Waals surface area contributed by atoms with E-state index in [1.165, 1.54) is 0 Å². The van der Waals surface area contributed by atoms with Crippen LogP contribution in [0.1, 0.15) is 30.8 Å². The van der Waals surface area contributed by atoms with Gasteiger partial charge in [0.1, 0.15) is 11.6 Å². The van der Waals surface area contributed by atoms with Crippen LogP contribution in [0.2, 0.25) is 0 Å². The summed E-state index contributed by atoms with van der Waals surface area (Å²) in [5.74, 6) is 1.48. The first-order valence-electron chi connectivity index (χ1n) is 9.39. The van der Waals surface area contributed by atoms with Gasteiger partial charge in [-0.3, -0.25) is 4.79 Å². The minimum atomic E-state index is -0.0630. The molecule has 1 N–H and O–H groups in total. The third kappa shape index (κ3) is 4.67. The minimum absolute atomic E-state index is 0.0630. The molecule has 1 aliphatic heterocycles. The first-order chi connectivity index (χ1) is 13.1. The van der Waals surface area contributed by atoms with Gasteiger partial charge in [-0.2, -0.15) is 0 Å². The summed E-state index contributed by atoms with van der Waals surface area (Å²) in [6.07, 6.45) is 1.00. The number of rotatable bonds is 6. The number of carbonyl (C=O) groups excluding carboxylic acids is 1. The molecule has 0 radical (unpaired) electrons. The second kappa shape index (κ2) is 8.70. The van der Waals surface area contributed by atoms with Crippen molar-refractivity contribution in [1.29, 1.82) is 0 Å². The number of nitrogens with one attached hydrogen (secondary N) is 1. The Morgan fingerprint density at radius 3 is 2.37 bits per heavy atom. The molecule has 3 rings (SSSR count). The van der Waals surface area contributed by atoms with Gasteiger partial charge in [0.25, 0.3) is 5.91 Å². The van der Waals surface area contributed by atoms with E-state index in [4.69, 9.17) is 4.74 Å². The maximum Gasteiger partial charge on any atom is 0.274 e. The van der Waals surface area contributed by atoms with Gasteiger partial charge in [-0.1, -0.05) is 6.92 Å². The molecule has 7 heteroatoms. The van der Waals surface area contributed by atoms with E-state index in [9.17, 15) is 4.79 Å². The van der Waals surface area contributed by atoms with E-state index >= 15 is 0 Å². The van der Waals surface area contributed by atoms with Crippen molar-refractivity contribution in [2.75, 3.05) is 43.5 Å². The number of piperazine rings is 1. The molecular formula is C20H27N5O2. The Labute approximate surface area is 160 Å². The van der Waals surface area contributed by atoms with E-state index in [1.807, 2.05) is 35.2 Å². The number of aromatic nitrogens is 2. The molecule has 1 aliphatic rings. The molecular weight excluding hydrogens is 342 g/mol. The van der Waals surface area contributed by atoms with Crippen LogP contribution in [0.25, 0.3) is 0 Å². The largest absolute Gasteiger partial charge is 0.497 e. The summed E-state index contributed by atoms with van der Waals surface area (Å²) >= 11 is 0. The highest BCUT2D eigenvalue weighted by Gasteiger charge is 2.23. The average molecular weight is 369 g/mol. The van der Waals surface area contributed by atoms with Crippen LogP contribution in [0.15, 0.2) is 36.4 Å². The second-order valence-corrected chi connectivity index (χ2v) is 6.73. The quantitative estimate of drug-likeness (QED) is 0.844. The van der Waals surface area contributed by atoms with Crippen molar-refractivity contribution in [1.82, 2.24) is 15.1 Å². The summed E-state index contributed by atoms with van der Waals surface area (Å²) in [4.78, 5) is 16.8. The normalized spacial score (nSPS) is 15.4. The van der Waals surface area contributed by atoms with Crippen molar-refractivity contribution in [3.05, 3.63) is 42.1 Å². The predicted octanol–water partition coefficient (Wildman–Crippen LogP) is 2.66.